The summed E-state index contributed by atoms with van der Waals surface area (Å²) in [6.45, 7) is 3.99. The first-order valence-corrected chi connectivity index (χ1v) is 6.16. The van der Waals surface area contributed by atoms with Crippen molar-refractivity contribution in [3.63, 3.8) is 0 Å². The van der Waals surface area contributed by atoms with Crippen molar-refractivity contribution >= 4 is 17.5 Å². The molecule has 4 heteroatoms. The third kappa shape index (κ3) is 2.74. The van der Waals surface area contributed by atoms with Crippen molar-refractivity contribution in [1.82, 2.24) is 10.3 Å². The molecule has 0 spiro atoms. The second kappa shape index (κ2) is 5.27. The third-order valence-corrected chi connectivity index (χ3v) is 3.11. The number of amides is 1. The molecule has 0 bridgehead atoms. The molecular weight excluding hydrogens is 248 g/mol. The number of hydrogen-bond donors (Lipinski definition) is 2. The first-order valence-electron chi connectivity index (χ1n) is 5.78. The summed E-state index contributed by atoms with van der Waals surface area (Å²) in [5.74, 6) is -0.155. The SMILES string of the molecule is Cc1ccccc1[C@@H](C)NC(=O)c1cc(Cl)c[nH]1. The zero-order valence-electron chi connectivity index (χ0n) is 10.3. The molecule has 2 rings (SSSR count). The monoisotopic (exact) mass is 262 g/mol. The first-order chi connectivity index (χ1) is 8.58. The molecular formula is C14H15ClN2O. The molecule has 0 fully saturated rings. The minimum Gasteiger partial charge on any atom is -0.356 e. The zero-order valence-corrected chi connectivity index (χ0v) is 11.1. The maximum absolute atomic E-state index is 12.0. The molecule has 1 heterocycles. The van der Waals surface area contributed by atoms with Gasteiger partial charge in [0, 0.05) is 6.20 Å². The van der Waals surface area contributed by atoms with E-state index < -0.39 is 0 Å². The Hall–Kier alpha value is -1.74. The smallest absolute Gasteiger partial charge is 0.268 e. The molecule has 2 N–H and O–H groups in total. The lowest BCUT2D eigenvalue weighted by Crippen LogP contribution is -2.27. The highest BCUT2D eigenvalue weighted by Crippen LogP contribution is 2.17. The minimum absolute atomic E-state index is 0.0409. The highest BCUT2D eigenvalue weighted by atomic mass is 35.5. The van der Waals surface area contributed by atoms with Gasteiger partial charge in [0.2, 0.25) is 0 Å². The van der Waals surface area contributed by atoms with E-state index in [1.54, 1.807) is 12.3 Å². The number of aromatic nitrogens is 1. The summed E-state index contributed by atoms with van der Waals surface area (Å²) in [5.41, 5.74) is 2.75. The number of nitrogens with one attached hydrogen (secondary N) is 2. The number of halogens is 1. The second-order valence-corrected chi connectivity index (χ2v) is 4.72. The lowest BCUT2D eigenvalue weighted by Gasteiger charge is -2.16. The molecule has 3 nitrogen and oxygen atoms in total. The Bertz CT molecular complexity index is 562. The molecule has 0 aliphatic carbocycles. The van der Waals surface area contributed by atoms with E-state index in [4.69, 9.17) is 11.6 Å². The molecule has 0 aliphatic heterocycles. The van der Waals surface area contributed by atoms with Crippen LogP contribution in [0.1, 0.15) is 34.6 Å². The Balaban J connectivity index is 2.10. The van der Waals surface area contributed by atoms with Crippen LogP contribution in [0.5, 0.6) is 0 Å². The van der Waals surface area contributed by atoms with E-state index in [0.717, 1.165) is 11.1 Å². The normalized spacial score (nSPS) is 12.2. The second-order valence-electron chi connectivity index (χ2n) is 4.28. The Morgan fingerprint density at radius 1 is 1.39 bits per heavy atom. The van der Waals surface area contributed by atoms with Gasteiger partial charge in [-0.1, -0.05) is 35.9 Å². The minimum atomic E-state index is -0.155. The van der Waals surface area contributed by atoms with Gasteiger partial charge in [0.05, 0.1) is 11.1 Å². The van der Waals surface area contributed by atoms with Gasteiger partial charge >= 0.3 is 0 Å². The molecule has 0 unspecified atom stereocenters. The molecule has 0 aliphatic rings. The highest BCUT2D eigenvalue weighted by Gasteiger charge is 2.13. The predicted molar refractivity (Wildman–Crippen MR) is 72.9 cm³/mol. The fourth-order valence-electron chi connectivity index (χ4n) is 1.92. The summed E-state index contributed by atoms with van der Waals surface area (Å²) in [5, 5.41) is 3.47. The number of rotatable bonds is 3. The van der Waals surface area contributed by atoms with Gasteiger partial charge in [0.25, 0.3) is 5.91 Å². The summed E-state index contributed by atoms with van der Waals surface area (Å²) in [6, 6.07) is 9.57. The lowest BCUT2D eigenvalue weighted by atomic mass is 10.0. The Labute approximate surface area is 111 Å². The van der Waals surface area contributed by atoms with Crippen LogP contribution in [-0.2, 0) is 0 Å². The van der Waals surface area contributed by atoms with Gasteiger partial charge in [-0.05, 0) is 31.0 Å². The summed E-state index contributed by atoms with van der Waals surface area (Å²) in [6.07, 6.45) is 1.59. The number of benzene rings is 1. The molecule has 94 valence electrons. The fraction of sp³-hybridized carbons (Fsp3) is 0.214. The summed E-state index contributed by atoms with van der Waals surface area (Å²) in [7, 11) is 0. The summed E-state index contributed by atoms with van der Waals surface area (Å²) in [4.78, 5) is 14.8. The molecule has 0 radical (unpaired) electrons. The maximum atomic E-state index is 12.0. The molecule has 1 atom stereocenters. The molecule has 0 saturated heterocycles. The Morgan fingerprint density at radius 3 is 2.72 bits per heavy atom. The van der Waals surface area contributed by atoms with Crippen molar-refractivity contribution in [2.24, 2.45) is 0 Å². The van der Waals surface area contributed by atoms with E-state index in [-0.39, 0.29) is 11.9 Å². The van der Waals surface area contributed by atoms with Crippen LogP contribution in [0.4, 0.5) is 0 Å². The van der Waals surface area contributed by atoms with E-state index in [1.807, 2.05) is 38.1 Å². The molecule has 2 aromatic rings. The van der Waals surface area contributed by atoms with E-state index >= 15 is 0 Å². The van der Waals surface area contributed by atoms with E-state index in [1.165, 1.54) is 0 Å². The Morgan fingerprint density at radius 2 is 2.11 bits per heavy atom. The quantitative estimate of drug-likeness (QED) is 0.874. The highest BCUT2D eigenvalue weighted by molar-refractivity contribution is 6.30. The largest absolute Gasteiger partial charge is 0.356 e. The topological polar surface area (TPSA) is 44.9 Å². The molecule has 0 saturated carbocycles. The van der Waals surface area contributed by atoms with Crippen LogP contribution >= 0.6 is 11.6 Å². The van der Waals surface area contributed by atoms with Crippen molar-refractivity contribution in [3.05, 3.63) is 58.4 Å². The van der Waals surface area contributed by atoms with Gasteiger partial charge in [0.15, 0.2) is 0 Å². The fourth-order valence-corrected chi connectivity index (χ4v) is 2.09. The number of hydrogen-bond acceptors (Lipinski definition) is 1. The van der Waals surface area contributed by atoms with Crippen LogP contribution in [-0.4, -0.2) is 10.9 Å². The molecule has 1 amide bonds. The van der Waals surface area contributed by atoms with E-state index in [0.29, 0.717) is 10.7 Å². The first kappa shape index (κ1) is 12.7. The van der Waals surface area contributed by atoms with Crippen molar-refractivity contribution in [3.8, 4) is 0 Å². The third-order valence-electron chi connectivity index (χ3n) is 2.89. The van der Waals surface area contributed by atoms with Crippen LogP contribution in [0.2, 0.25) is 5.02 Å². The predicted octanol–water partition coefficient (Wildman–Crippen LogP) is 3.47. The van der Waals surface area contributed by atoms with Crippen LogP contribution in [0.3, 0.4) is 0 Å². The average Bonchev–Trinajstić information content (AvgIpc) is 2.76. The van der Waals surface area contributed by atoms with Crippen LogP contribution in [0.15, 0.2) is 36.5 Å². The number of aryl methyl sites for hydroxylation is 1. The van der Waals surface area contributed by atoms with E-state index in [9.17, 15) is 4.79 Å². The summed E-state index contributed by atoms with van der Waals surface area (Å²) < 4.78 is 0. The van der Waals surface area contributed by atoms with Crippen LogP contribution < -0.4 is 5.32 Å². The van der Waals surface area contributed by atoms with Gasteiger partial charge in [0.1, 0.15) is 5.69 Å². The average molecular weight is 263 g/mol. The number of carbonyl (C=O) groups excluding carboxylic acids is 1. The van der Waals surface area contributed by atoms with Crippen molar-refractivity contribution in [2.75, 3.05) is 0 Å². The van der Waals surface area contributed by atoms with Gasteiger partial charge in [-0.15, -0.1) is 0 Å². The summed E-state index contributed by atoms with van der Waals surface area (Å²) >= 11 is 5.77. The van der Waals surface area contributed by atoms with Crippen molar-refractivity contribution < 1.29 is 4.79 Å². The van der Waals surface area contributed by atoms with Gasteiger partial charge in [-0.2, -0.15) is 0 Å². The molecule has 18 heavy (non-hydrogen) atoms. The van der Waals surface area contributed by atoms with Crippen LogP contribution in [0, 0.1) is 6.92 Å². The van der Waals surface area contributed by atoms with Gasteiger partial charge in [-0.3, -0.25) is 4.79 Å². The van der Waals surface area contributed by atoms with Crippen LogP contribution in [0.25, 0.3) is 0 Å². The van der Waals surface area contributed by atoms with Gasteiger partial charge < -0.3 is 10.3 Å². The maximum Gasteiger partial charge on any atom is 0.268 e. The van der Waals surface area contributed by atoms with E-state index in [2.05, 4.69) is 10.3 Å². The standard InChI is InChI=1S/C14H15ClN2O/c1-9-5-3-4-6-12(9)10(2)17-14(18)13-7-11(15)8-16-13/h3-8,10,16H,1-2H3,(H,17,18)/t10-/m1/s1. The van der Waals surface area contributed by atoms with Crippen molar-refractivity contribution in [1.29, 1.82) is 0 Å². The number of H-pyrrole nitrogens is 1. The number of aromatic amines is 1. The molecule has 1 aromatic carbocycles. The van der Waals surface area contributed by atoms with Crippen molar-refractivity contribution in [2.45, 2.75) is 19.9 Å². The van der Waals surface area contributed by atoms with Gasteiger partial charge in [-0.25, -0.2) is 0 Å². The Kier molecular flexibility index (Phi) is 3.72. The number of carbonyl (C=O) groups is 1. The zero-order chi connectivity index (χ0) is 13.1. The lowest BCUT2D eigenvalue weighted by molar-refractivity contribution is 0.0935. The molecule has 1 aromatic heterocycles.